The second-order valence-electron chi connectivity index (χ2n) is 6.06. The first-order valence-corrected chi connectivity index (χ1v) is 9.85. The predicted octanol–water partition coefficient (Wildman–Crippen LogP) is 4.16. The first-order chi connectivity index (χ1) is 14.5. The highest BCUT2D eigenvalue weighted by Gasteiger charge is 2.20. The lowest BCUT2D eigenvalue weighted by atomic mass is 10.1. The van der Waals surface area contributed by atoms with Crippen molar-refractivity contribution in [2.45, 2.75) is 6.92 Å². The normalized spacial score (nSPS) is 10.4. The molecule has 3 N–H and O–H groups in total. The van der Waals surface area contributed by atoms with Gasteiger partial charge in [-0.3, -0.25) is 9.78 Å². The Bertz CT molecular complexity index is 1050. The van der Waals surface area contributed by atoms with Crippen LogP contribution in [0.1, 0.15) is 17.4 Å². The lowest BCUT2D eigenvalue weighted by Crippen LogP contribution is -2.16. The molecule has 0 fully saturated rings. The van der Waals surface area contributed by atoms with Crippen LogP contribution in [0.5, 0.6) is 17.4 Å². The van der Waals surface area contributed by atoms with Gasteiger partial charge in [0.1, 0.15) is 22.9 Å². The molecule has 156 valence electrons. The van der Waals surface area contributed by atoms with Crippen LogP contribution in [-0.2, 0) is 0 Å². The molecular weight excluding hydrogens is 452 g/mol. The van der Waals surface area contributed by atoms with E-state index in [9.17, 15) is 4.79 Å². The Labute approximate surface area is 182 Å². The highest BCUT2D eigenvalue weighted by molar-refractivity contribution is 9.10. The van der Waals surface area contributed by atoms with Crippen LogP contribution in [0.2, 0.25) is 0 Å². The number of hydrogen-bond acceptors (Lipinski definition) is 7. The van der Waals surface area contributed by atoms with Crippen LogP contribution >= 0.6 is 15.9 Å². The Kier molecular flexibility index (Phi) is 6.73. The van der Waals surface area contributed by atoms with E-state index in [2.05, 4.69) is 31.2 Å². The van der Waals surface area contributed by atoms with Crippen molar-refractivity contribution >= 4 is 33.2 Å². The van der Waals surface area contributed by atoms with Gasteiger partial charge < -0.3 is 25.3 Å². The molecule has 9 heteroatoms. The molecule has 2 aromatic heterocycles. The number of nitrogens with zero attached hydrogens (tertiary/aromatic N) is 2. The smallest absolute Gasteiger partial charge is 0.268 e. The Morgan fingerprint density at radius 1 is 1.17 bits per heavy atom. The van der Waals surface area contributed by atoms with E-state index in [1.807, 2.05) is 31.2 Å². The molecule has 0 unspecified atom stereocenters. The standard InChI is InChI=1S/C21H21BrN4O4/c1-4-30-17-9-8-13(19(26-17)21(23)27)18-14(10-12(22)11-24-18)25-20-15(28-2)6-5-7-16(20)29-3/h5-11,25H,4H2,1-3H3,(H2,23,27). The minimum Gasteiger partial charge on any atom is -0.494 e. The third kappa shape index (κ3) is 4.46. The number of benzene rings is 1. The summed E-state index contributed by atoms with van der Waals surface area (Å²) in [6, 6.07) is 10.6. The number of carbonyl (C=O) groups excluding carboxylic acids is 1. The van der Waals surface area contributed by atoms with Gasteiger partial charge in [-0.15, -0.1) is 0 Å². The molecule has 30 heavy (non-hydrogen) atoms. The van der Waals surface area contributed by atoms with E-state index in [-0.39, 0.29) is 5.69 Å². The van der Waals surface area contributed by atoms with Crippen LogP contribution in [-0.4, -0.2) is 36.7 Å². The van der Waals surface area contributed by atoms with Gasteiger partial charge in [-0.25, -0.2) is 4.98 Å². The number of anilines is 2. The summed E-state index contributed by atoms with van der Waals surface area (Å²) in [5, 5.41) is 3.30. The highest BCUT2D eigenvalue weighted by atomic mass is 79.9. The van der Waals surface area contributed by atoms with Gasteiger partial charge in [0.15, 0.2) is 0 Å². The number of nitrogens with two attached hydrogens (primary N) is 1. The van der Waals surface area contributed by atoms with Crippen LogP contribution in [0.15, 0.2) is 47.1 Å². The van der Waals surface area contributed by atoms with Gasteiger partial charge in [-0.2, -0.15) is 0 Å². The van der Waals surface area contributed by atoms with E-state index in [4.69, 9.17) is 19.9 Å². The van der Waals surface area contributed by atoms with Crippen molar-refractivity contribution < 1.29 is 19.0 Å². The fourth-order valence-electron chi connectivity index (χ4n) is 2.91. The number of nitrogens with one attached hydrogen (secondary N) is 1. The van der Waals surface area contributed by atoms with Gasteiger partial charge >= 0.3 is 0 Å². The first kappa shape index (κ1) is 21.4. The summed E-state index contributed by atoms with van der Waals surface area (Å²) in [7, 11) is 3.14. The lowest BCUT2D eigenvalue weighted by Gasteiger charge is -2.18. The Balaban J connectivity index is 2.16. The van der Waals surface area contributed by atoms with Gasteiger partial charge in [-0.05, 0) is 47.1 Å². The Morgan fingerprint density at radius 3 is 2.47 bits per heavy atom. The third-order valence-electron chi connectivity index (χ3n) is 4.19. The summed E-state index contributed by atoms with van der Waals surface area (Å²) in [5.41, 5.74) is 7.81. The van der Waals surface area contributed by atoms with Gasteiger partial charge in [-0.1, -0.05) is 6.07 Å². The number of pyridine rings is 2. The van der Waals surface area contributed by atoms with Crippen molar-refractivity contribution in [2.24, 2.45) is 5.73 Å². The van der Waals surface area contributed by atoms with E-state index < -0.39 is 5.91 Å². The fraction of sp³-hybridized carbons (Fsp3) is 0.190. The fourth-order valence-corrected chi connectivity index (χ4v) is 3.24. The summed E-state index contributed by atoms with van der Waals surface area (Å²) in [4.78, 5) is 20.8. The number of para-hydroxylation sites is 1. The number of hydrogen-bond donors (Lipinski definition) is 2. The molecule has 1 aromatic carbocycles. The summed E-state index contributed by atoms with van der Waals surface area (Å²) in [5.74, 6) is 0.797. The van der Waals surface area contributed by atoms with E-state index in [1.54, 1.807) is 32.5 Å². The first-order valence-electron chi connectivity index (χ1n) is 9.06. The summed E-state index contributed by atoms with van der Waals surface area (Å²) < 4.78 is 17.1. The summed E-state index contributed by atoms with van der Waals surface area (Å²) >= 11 is 3.44. The molecule has 3 aromatic rings. The van der Waals surface area contributed by atoms with Crippen LogP contribution in [0, 0.1) is 0 Å². The monoisotopic (exact) mass is 472 g/mol. The zero-order chi connectivity index (χ0) is 21.7. The van der Waals surface area contributed by atoms with E-state index in [0.717, 1.165) is 4.47 Å². The zero-order valence-electron chi connectivity index (χ0n) is 16.7. The molecule has 0 spiro atoms. The number of methoxy groups -OCH3 is 2. The molecule has 0 radical (unpaired) electrons. The largest absolute Gasteiger partial charge is 0.494 e. The molecule has 0 atom stereocenters. The number of aromatic nitrogens is 2. The average Bonchev–Trinajstić information content (AvgIpc) is 2.74. The molecule has 8 nitrogen and oxygen atoms in total. The van der Waals surface area contributed by atoms with Crippen LogP contribution in [0.25, 0.3) is 11.3 Å². The van der Waals surface area contributed by atoms with Crippen molar-refractivity contribution in [1.82, 2.24) is 9.97 Å². The molecular formula is C21H21BrN4O4. The van der Waals surface area contributed by atoms with Gasteiger partial charge in [0.25, 0.3) is 5.91 Å². The number of halogens is 1. The molecule has 1 amide bonds. The maximum absolute atomic E-state index is 12.1. The number of carbonyl (C=O) groups is 1. The quantitative estimate of drug-likeness (QED) is 0.506. The average molecular weight is 473 g/mol. The van der Waals surface area contributed by atoms with Crippen molar-refractivity contribution in [1.29, 1.82) is 0 Å². The molecule has 0 aliphatic rings. The minimum absolute atomic E-state index is 0.0609. The lowest BCUT2D eigenvalue weighted by molar-refractivity contribution is 0.0995. The minimum atomic E-state index is -0.683. The molecule has 0 aliphatic carbocycles. The van der Waals surface area contributed by atoms with E-state index >= 15 is 0 Å². The molecule has 0 bridgehead atoms. The number of primary amides is 1. The highest BCUT2D eigenvalue weighted by Crippen LogP contribution is 2.40. The number of rotatable bonds is 8. The molecule has 0 saturated heterocycles. The predicted molar refractivity (Wildman–Crippen MR) is 118 cm³/mol. The summed E-state index contributed by atoms with van der Waals surface area (Å²) in [6.45, 7) is 2.25. The van der Waals surface area contributed by atoms with Gasteiger partial charge in [0.05, 0.1) is 32.2 Å². The summed E-state index contributed by atoms with van der Waals surface area (Å²) in [6.07, 6.45) is 1.63. The molecule has 2 heterocycles. The van der Waals surface area contributed by atoms with Crippen molar-refractivity contribution in [3.05, 3.63) is 52.8 Å². The number of ether oxygens (including phenoxy) is 3. The molecule has 0 saturated carbocycles. The van der Waals surface area contributed by atoms with Gasteiger partial charge in [0.2, 0.25) is 5.88 Å². The zero-order valence-corrected chi connectivity index (χ0v) is 18.3. The van der Waals surface area contributed by atoms with Crippen LogP contribution in [0.4, 0.5) is 11.4 Å². The van der Waals surface area contributed by atoms with Gasteiger partial charge in [0, 0.05) is 22.3 Å². The third-order valence-corrected chi connectivity index (χ3v) is 4.63. The van der Waals surface area contributed by atoms with Crippen molar-refractivity contribution in [3.8, 4) is 28.6 Å². The Morgan fingerprint density at radius 2 is 1.87 bits per heavy atom. The molecule has 3 rings (SSSR count). The topological polar surface area (TPSA) is 109 Å². The second-order valence-corrected chi connectivity index (χ2v) is 6.97. The van der Waals surface area contributed by atoms with E-state index in [0.29, 0.717) is 46.6 Å². The van der Waals surface area contributed by atoms with Crippen molar-refractivity contribution in [3.63, 3.8) is 0 Å². The SMILES string of the molecule is CCOc1ccc(-c2ncc(Br)cc2Nc2c(OC)cccc2OC)c(C(N)=O)n1. The Hall–Kier alpha value is -3.33. The maximum atomic E-state index is 12.1. The van der Waals surface area contributed by atoms with Crippen LogP contribution < -0.4 is 25.3 Å². The second kappa shape index (κ2) is 9.45. The maximum Gasteiger partial charge on any atom is 0.268 e. The van der Waals surface area contributed by atoms with Crippen LogP contribution in [0.3, 0.4) is 0 Å². The van der Waals surface area contributed by atoms with E-state index in [1.165, 1.54) is 0 Å². The number of amides is 1. The molecule has 0 aliphatic heterocycles. The van der Waals surface area contributed by atoms with Crippen molar-refractivity contribution in [2.75, 3.05) is 26.1 Å².